The van der Waals surface area contributed by atoms with E-state index in [1.165, 1.54) is 6.20 Å². The summed E-state index contributed by atoms with van der Waals surface area (Å²) in [5.74, 6) is -0.963. The maximum Gasteiger partial charge on any atom is 0.250 e. The summed E-state index contributed by atoms with van der Waals surface area (Å²) in [5, 5.41) is 8.04. The average molecular weight is 96.1 g/mol. The van der Waals surface area contributed by atoms with E-state index in [-0.39, 0.29) is 5.57 Å². The van der Waals surface area contributed by atoms with Crippen molar-refractivity contribution in [1.29, 1.82) is 0 Å². The zero-order valence-corrected chi connectivity index (χ0v) is 3.38. The Bertz CT molecular complexity index is 157. The van der Waals surface area contributed by atoms with Gasteiger partial charge in [-0.05, 0) is 11.8 Å². The topological polar surface area (TPSA) is 49.7 Å². The summed E-state index contributed by atoms with van der Waals surface area (Å²) in [6.45, 7) is 0. The minimum atomic E-state index is -0.963. The molecule has 0 unspecified atom stereocenters. The maximum atomic E-state index is 9.79. The molecule has 0 spiro atoms. The second kappa shape index (κ2) is 1.18. The van der Waals surface area contributed by atoms with Gasteiger partial charge in [-0.15, -0.1) is 0 Å². The standard InChI is InChI=1S/C4H2NO2/c6-4(7)3-1-5-2-3/h1H,(H,6,7)/q-1. The maximum absolute atomic E-state index is 9.79. The van der Waals surface area contributed by atoms with Crippen molar-refractivity contribution in [3.63, 3.8) is 0 Å². The fraction of sp³-hybridized carbons (Fsp3) is 0. The van der Waals surface area contributed by atoms with Crippen LogP contribution in [0.15, 0.2) is 16.8 Å². The normalized spacial score (nSPS) is 15.1. The van der Waals surface area contributed by atoms with Gasteiger partial charge < -0.3 is 14.9 Å². The van der Waals surface area contributed by atoms with Gasteiger partial charge in [0.15, 0.2) is 0 Å². The van der Waals surface area contributed by atoms with E-state index in [0.29, 0.717) is 0 Å². The van der Waals surface area contributed by atoms with Gasteiger partial charge in [0, 0.05) is 0 Å². The van der Waals surface area contributed by atoms with Crippen molar-refractivity contribution in [3.8, 4) is 0 Å². The minimum Gasteiger partial charge on any atom is -0.521 e. The largest absolute Gasteiger partial charge is 0.521 e. The van der Waals surface area contributed by atoms with E-state index in [2.05, 4.69) is 11.2 Å². The minimum absolute atomic E-state index is 0.153. The molecule has 0 aromatic carbocycles. The molecule has 0 saturated heterocycles. The van der Waals surface area contributed by atoms with Crippen molar-refractivity contribution in [2.75, 3.05) is 0 Å². The van der Waals surface area contributed by atoms with E-state index < -0.39 is 5.97 Å². The van der Waals surface area contributed by atoms with Gasteiger partial charge >= 0.3 is 0 Å². The van der Waals surface area contributed by atoms with E-state index in [0.717, 1.165) is 0 Å². The van der Waals surface area contributed by atoms with E-state index in [4.69, 9.17) is 5.11 Å². The quantitative estimate of drug-likeness (QED) is 0.464. The number of rotatable bonds is 1. The molecule has 1 heterocycles. The zero-order chi connectivity index (χ0) is 5.28. The Labute approximate surface area is 40.0 Å². The van der Waals surface area contributed by atoms with Crippen LogP contribution in [0.5, 0.6) is 0 Å². The van der Waals surface area contributed by atoms with Gasteiger partial charge in [0.25, 0.3) is 5.97 Å². The van der Waals surface area contributed by atoms with Gasteiger partial charge in [-0.1, -0.05) is 6.20 Å². The van der Waals surface area contributed by atoms with Crippen molar-refractivity contribution in [2.45, 2.75) is 0 Å². The third-order valence-electron chi connectivity index (χ3n) is 0.609. The predicted molar refractivity (Wildman–Crippen MR) is 23.2 cm³/mol. The Balaban J connectivity index is 2.60. The second-order valence-electron chi connectivity index (χ2n) is 1.09. The lowest BCUT2D eigenvalue weighted by Crippen LogP contribution is -2.05. The van der Waals surface area contributed by atoms with Crippen molar-refractivity contribution < 1.29 is 9.90 Å². The molecule has 0 atom stereocenters. The Morgan fingerprint density at radius 3 is 2.57 bits per heavy atom. The molecular formula is C4H2NO2-. The zero-order valence-electron chi connectivity index (χ0n) is 3.38. The van der Waals surface area contributed by atoms with Crippen LogP contribution in [-0.4, -0.2) is 17.3 Å². The molecule has 0 aromatic rings. The molecule has 0 saturated carbocycles. The molecule has 1 aliphatic heterocycles. The van der Waals surface area contributed by atoms with Gasteiger partial charge in [-0.3, -0.25) is 0 Å². The first-order chi connectivity index (χ1) is 3.30. The van der Waals surface area contributed by atoms with Crippen LogP contribution < -0.4 is 0 Å². The number of aliphatic imine (C=N–C) groups is 1. The molecule has 7 heavy (non-hydrogen) atoms. The molecule has 0 amide bonds. The van der Waals surface area contributed by atoms with Gasteiger partial charge in [0.2, 0.25) is 0 Å². The molecule has 0 radical (unpaired) electrons. The van der Waals surface area contributed by atoms with Crippen LogP contribution in [0.1, 0.15) is 0 Å². The molecule has 0 aromatic heterocycles. The first-order valence-electron chi connectivity index (χ1n) is 1.70. The van der Waals surface area contributed by atoms with Crippen LogP contribution in [0.25, 0.3) is 0 Å². The first kappa shape index (κ1) is 4.05. The summed E-state index contributed by atoms with van der Waals surface area (Å²) in [6, 6.07) is 0. The molecule has 0 fully saturated rings. The smallest absolute Gasteiger partial charge is 0.250 e. The highest BCUT2D eigenvalue weighted by atomic mass is 16.4. The molecule has 3 heteroatoms. The van der Waals surface area contributed by atoms with Crippen LogP contribution >= 0.6 is 0 Å². The highest BCUT2D eigenvalue weighted by Crippen LogP contribution is 1.98. The van der Waals surface area contributed by atoms with E-state index in [1.54, 1.807) is 0 Å². The lowest BCUT2D eigenvalue weighted by Gasteiger charge is -2.05. The van der Waals surface area contributed by atoms with Crippen molar-refractivity contribution in [2.24, 2.45) is 4.99 Å². The Morgan fingerprint density at radius 1 is 2.00 bits per heavy atom. The van der Waals surface area contributed by atoms with Crippen molar-refractivity contribution in [3.05, 3.63) is 11.8 Å². The van der Waals surface area contributed by atoms with Crippen LogP contribution in [0.2, 0.25) is 0 Å². The number of carboxylic acid groups (broad SMARTS) is 1. The number of hydrogen-bond donors (Lipinski definition) is 1. The summed E-state index contributed by atoms with van der Waals surface area (Å²) in [7, 11) is 0. The molecule has 36 valence electrons. The molecule has 1 N–H and O–H groups in total. The SMILES string of the molecule is O=C(O)C1=CN=[C-]1. The number of carboxylic acids is 1. The molecule has 3 nitrogen and oxygen atoms in total. The van der Waals surface area contributed by atoms with E-state index >= 15 is 0 Å². The van der Waals surface area contributed by atoms with Crippen LogP contribution in [0.3, 0.4) is 0 Å². The third-order valence-corrected chi connectivity index (χ3v) is 0.609. The average Bonchev–Trinajstić information content (AvgIpc) is 1.23. The molecule has 1 rings (SSSR count). The van der Waals surface area contributed by atoms with Gasteiger partial charge in [0.05, 0.1) is 0 Å². The second-order valence-corrected chi connectivity index (χ2v) is 1.09. The number of aliphatic carboxylic acids is 1. The first-order valence-corrected chi connectivity index (χ1v) is 1.70. The number of carbonyl (C=O) groups is 1. The summed E-state index contributed by atoms with van der Waals surface area (Å²) in [5.41, 5.74) is 0.153. The number of nitrogens with zero attached hydrogens (tertiary/aromatic N) is 1. The summed E-state index contributed by atoms with van der Waals surface area (Å²) in [4.78, 5) is 13.1. The molecule has 1 aliphatic rings. The van der Waals surface area contributed by atoms with Crippen molar-refractivity contribution in [1.82, 2.24) is 0 Å². The van der Waals surface area contributed by atoms with Gasteiger partial charge in [-0.2, -0.15) is 0 Å². The highest BCUT2D eigenvalue weighted by Gasteiger charge is 1.96. The number of hydrogen-bond acceptors (Lipinski definition) is 2. The van der Waals surface area contributed by atoms with Crippen LogP contribution in [0.4, 0.5) is 0 Å². The van der Waals surface area contributed by atoms with Gasteiger partial charge in [-0.25, -0.2) is 0 Å². The molecule has 0 aliphatic carbocycles. The summed E-state index contributed by atoms with van der Waals surface area (Å²) in [6.07, 6.45) is 3.48. The fourth-order valence-electron chi connectivity index (χ4n) is 0.232. The fourth-order valence-corrected chi connectivity index (χ4v) is 0.232. The summed E-state index contributed by atoms with van der Waals surface area (Å²) < 4.78 is 0. The molecule has 0 bridgehead atoms. The lowest BCUT2D eigenvalue weighted by molar-refractivity contribution is -0.132. The van der Waals surface area contributed by atoms with E-state index in [1.807, 2.05) is 0 Å². The lowest BCUT2D eigenvalue weighted by atomic mass is 10.3. The predicted octanol–water partition coefficient (Wildman–Crippen LogP) is -0.0837. The van der Waals surface area contributed by atoms with Crippen LogP contribution in [0, 0.1) is 0 Å². The van der Waals surface area contributed by atoms with Gasteiger partial charge in [0.1, 0.15) is 0 Å². The van der Waals surface area contributed by atoms with Crippen molar-refractivity contribution >= 4 is 12.2 Å². The summed E-state index contributed by atoms with van der Waals surface area (Å²) >= 11 is 0. The Hall–Kier alpha value is -1.12. The van der Waals surface area contributed by atoms with E-state index in [9.17, 15) is 4.79 Å². The van der Waals surface area contributed by atoms with Crippen LogP contribution in [-0.2, 0) is 4.79 Å². The monoisotopic (exact) mass is 96.0 g/mol. The molecular weight excluding hydrogens is 94.0 g/mol. The Morgan fingerprint density at radius 2 is 2.57 bits per heavy atom. The highest BCUT2D eigenvalue weighted by molar-refractivity contribution is 6.11. The third kappa shape index (κ3) is 0.513. The Kier molecular flexibility index (Phi) is 0.685.